The Balaban J connectivity index is 1.64. The molecule has 3 rings (SSSR count). The van der Waals surface area contributed by atoms with Crippen LogP contribution in [-0.2, 0) is 0 Å². The molecule has 3 aliphatic rings. The van der Waals surface area contributed by atoms with E-state index in [-0.39, 0.29) is 0 Å². The first kappa shape index (κ1) is 17.7. The van der Waals surface area contributed by atoms with Crippen molar-refractivity contribution >= 4 is 0 Å². The van der Waals surface area contributed by atoms with Crippen LogP contribution in [0.25, 0.3) is 0 Å². The SMILES string of the molecule is CCN(CC)CC[N+]1(CCN2CCCC2)CNC2CCCCC21. The normalized spacial score (nSPS) is 35.1. The highest BCUT2D eigenvalue weighted by Gasteiger charge is 2.48. The van der Waals surface area contributed by atoms with Crippen molar-refractivity contribution in [2.24, 2.45) is 0 Å². The highest BCUT2D eigenvalue weighted by atomic mass is 15.5. The van der Waals surface area contributed by atoms with Gasteiger partial charge in [0.05, 0.1) is 19.1 Å². The zero-order valence-corrected chi connectivity index (χ0v) is 15.6. The number of likely N-dealkylation sites (N-methyl/N-ethyl adjacent to an activating group) is 1. The summed E-state index contributed by atoms with van der Waals surface area (Å²) in [7, 11) is 0. The summed E-state index contributed by atoms with van der Waals surface area (Å²) in [6.45, 7) is 16.3. The molecule has 0 radical (unpaired) electrons. The van der Waals surface area contributed by atoms with Crippen molar-refractivity contribution in [3.63, 3.8) is 0 Å². The fraction of sp³-hybridized carbons (Fsp3) is 1.00. The summed E-state index contributed by atoms with van der Waals surface area (Å²) >= 11 is 0. The smallest absolute Gasteiger partial charge is 0.133 e. The van der Waals surface area contributed by atoms with Gasteiger partial charge in [-0.2, -0.15) is 0 Å². The van der Waals surface area contributed by atoms with E-state index in [4.69, 9.17) is 0 Å². The molecular weight excluding hydrogens is 284 g/mol. The lowest BCUT2D eigenvalue weighted by Gasteiger charge is -2.43. The van der Waals surface area contributed by atoms with Crippen LogP contribution in [0.4, 0.5) is 0 Å². The Morgan fingerprint density at radius 3 is 2.48 bits per heavy atom. The summed E-state index contributed by atoms with van der Waals surface area (Å²) in [5, 5.41) is 3.92. The molecule has 3 atom stereocenters. The summed E-state index contributed by atoms with van der Waals surface area (Å²) in [6, 6.07) is 1.70. The predicted octanol–water partition coefficient (Wildman–Crippen LogP) is 2.11. The van der Waals surface area contributed by atoms with Crippen LogP contribution in [0.3, 0.4) is 0 Å². The van der Waals surface area contributed by atoms with Gasteiger partial charge in [0.15, 0.2) is 0 Å². The molecule has 0 amide bonds. The van der Waals surface area contributed by atoms with Crippen LogP contribution >= 0.6 is 0 Å². The summed E-state index contributed by atoms with van der Waals surface area (Å²) < 4.78 is 1.36. The molecule has 3 unspecified atom stereocenters. The van der Waals surface area contributed by atoms with Crippen molar-refractivity contribution in [2.75, 3.05) is 59.0 Å². The Morgan fingerprint density at radius 2 is 1.74 bits per heavy atom. The van der Waals surface area contributed by atoms with Gasteiger partial charge in [0, 0.05) is 19.5 Å². The van der Waals surface area contributed by atoms with E-state index in [9.17, 15) is 0 Å². The molecule has 4 heteroatoms. The minimum absolute atomic E-state index is 0.805. The van der Waals surface area contributed by atoms with E-state index in [0.29, 0.717) is 0 Å². The highest BCUT2D eigenvalue weighted by Crippen LogP contribution is 2.33. The number of rotatable bonds is 8. The summed E-state index contributed by atoms with van der Waals surface area (Å²) in [4.78, 5) is 5.33. The second-order valence-corrected chi connectivity index (χ2v) is 8.06. The van der Waals surface area contributed by atoms with Gasteiger partial charge >= 0.3 is 0 Å². The lowest BCUT2D eigenvalue weighted by molar-refractivity contribution is -0.940. The van der Waals surface area contributed by atoms with Crippen LogP contribution in [0.1, 0.15) is 52.4 Å². The van der Waals surface area contributed by atoms with Crippen molar-refractivity contribution < 1.29 is 4.48 Å². The zero-order valence-electron chi connectivity index (χ0n) is 15.6. The number of nitrogens with one attached hydrogen (secondary N) is 1. The van der Waals surface area contributed by atoms with E-state index in [1.165, 1.54) is 102 Å². The van der Waals surface area contributed by atoms with Crippen LogP contribution in [0, 0.1) is 0 Å². The fourth-order valence-corrected chi connectivity index (χ4v) is 5.25. The first-order valence-electron chi connectivity index (χ1n) is 10.3. The number of quaternary nitrogens is 1. The molecule has 3 fully saturated rings. The van der Waals surface area contributed by atoms with E-state index in [1.54, 1.807) is 0 Å². The molecule has 1 saturated carbocycles. The van der Waals surface area contributed by atoms with Crippen molar-refractivity contribution in [1.82, 2.24) is 15.1 Å². The van der Waals surface area contributed by atoms with Gasteiger partial charge in [0.2, 0.25) is 0 Å². The monoisotopic (exact) mass is 323 g/mol. The van der Waals surface area contributed by atoms with Crippen molar-refractivity contribution in [3.8, 4) is 0 Å². The average Bonchev–Trinajstić information content (AvgIpc) is 3.23. The van der Waals surface area contributed by atoms with Gasteiger partial charge in [0.25, 0.3) is 0 Å². The van der Waals surface area contributed by atoms with Crippen molar-refractivity contribution in [3.05, 3.63) is 0 Å². The van der Waals surface area contributed by atoms with Gasteiger partial charge in [-0.3, -0.25) is 15.1 Å². The Morgan fingerprint density at radius 1 is 1.00 bits per heavy atom. The fourth-order valence-electron chi connectivity index (χ4n) is 5.25. The molecule has 2 heterocycles. The van der Waals surface area contributed by atoms with Crippen LogP contribution in [-0.4, -0.2) is 85.4 Å². The maximum atomic E-state index is 3.92. The molecule has 0 aromatic rings. The molecule has 1 N–H and O–H groups in total. The summed E-state index contributed by atoms with van der Waals surface area (Å²) in [5.74, 6) is 0. The summed E-state index contributed by atoms with van der Waals surface area (Å²) in [6.07, 6.45) is 8.61. The molecule has 4 nitrogen and oxygen atoms in total. The number of fused-ring (bicyclic) bond motifs is 1. The largest absolute Gasteiger partial charge is 0.305 e. The topological polar surface area (TPSA) is 18.5 Å². The average molecular weight is 324 g/mol. The molecule has 134 valence electrons. The predicted molar refractivity (Wildman–Crippen MR) is 97.5 cm³/mol. The number of hydrogen-bond donors (Lipinski definition) is 1. The first-order chi connectivity index (χ1) is 11.3. The maximum absolute atomic E-state index is 3.92. The molecule has 0 spiro atoms. The lowest BCUT2D eigenvalue weighted by Crippen LogP contribution is -2.59. The number of likely N-dealkylation sites (tertiary alicyclic amines) is 1. The van der Waals surface area contributed by atoms with Crippen molar-refractivity contribution in [2.45, 2.75) is 64.5 Å². The van der Waals surface area contributed by atoms with Gasteiger partial charge in [-0.15, -0.1) is 0 Å². The minimum atomic E-state index is 0.805. The van der Waals surface area contributed by atoms with E-state index >= 15 is 0 Å². The second-order valence-electron chi connectivity index (χ2n) is 8.06. The Labute approximate surface area is 143 Å². The second kappa shape index (κ2) is 8.28. The van der Waals surface area contributed by atoms with Gasteiger partial charge in [-0.1, -0.05) is 20.3 Å². The third kappa shape index (κ3) is 4.09. The van der Waals surface area contributed by atoms with E-state index in [1.807, 2.05) is 0 Å². The van der Waals surface area contributed by atoms with Crippen LogP contribution in [0.15, 0.2) is 0 Å². The van der Waals surface area contributed by atoms with Gasteiger partial charge in [0.1, 0.15) is 12.7 Å². The third-order valence-corrected chi connectivity index (χ3v) is 6.92. The molecule has 0 aromatic carbocycles. The summed E-state index contributed by atoms with van der Waals surface area (Å²) in [5.41, 5.74) is 0. The van der Waals surface area contributed by atoms with E-state index in [0.717, 1.165) is 12.1 Å². The zero-order chi connectivity index (χ0) is 16.1. The Hall–Kier alpha value is -0.160. The molecule has 1 aliphatic carbocycles. The van der Waals surface area contributed by atoms with E-state index in [2.05, 4.69) is 29.0 Å². The molecule has 2 saturated heterocycles. The van der Waals surface area contributed by atoms with E-state index < -0.39 is 0 Å². The lowest BCUT2D eigenvalue weighted by atomic mass is 9.89. The van der Waals surface area contributed by atoms with Crippen molar-refractivity contribution in [1.29, 1.82) is 0 Å². The Bertz CT molecular complexity index is 343. The minimum Gasteiger partial charge on any atom is -0.305 e. The van der Waals surface area contributed by atoms with Crippen LogP contribution in [0.5, 0.6) is 0 Å². The molecule has 0 aromatic heterocycles. The van der Waals surface area contributed by atoms with Gasteiger partial charge < -0.3 is 4.48 Å². The molecule has 23 heavy (non-hydrogen) atoms. The van der Waals surface area contributed by atoms with Gasteiger partial charge in [-0.05, 0) is 51.9 Å². The highest BCUT2D eigenvalue weighted by molar-refractivity contribution is 4.87. The third-order valence-electron chi connectivity index (χ3n) is 6.92. The first-order valence-corrected chi connectivity index (χ1v) is 10.3. The van der Waals surface area contributed by atoms with Crippen LogP contribution in [0.2, 0.25) is 0 Å². The number of nitrogens with zero attached hydrogens (tertiary/aromatic N) is 3. The van der Waals surface area contributed by atoms with Crippen LogP contribution < -0.4 is 5.32 Å². The standard InChI is InChI=1S/C19H39N4/c1-3-21(4-2)13-15-23(16-14-22-11-7-8-12-22)17-20-18-9-5-6-10-19(18)23/h18-20H,3-17H2,1-2H3/q+1. The number of hydrogen-bond acceptors (Lipinski definition) is 3. The molecular formula is C19H39N4+. The van der Waals surface area contributed by atoms with Gasteiger partial charge in [-0.25, -0.2) is 0 Å². The maximum Gasteiger partial charge on any atom is 0.133 e. The quantitative estimate of drug-likeness (QED) is 0.690. The Kier molecular flexibility index (Phi) is 6.36. The molecule has 0 bridgehead atoms. The molecule has 2 aliphatic heterocycles.